The molecule has 2 atom stereocenters. The molecule has 4 heteroatoms. The third-order valence-electron chi connectivity index (χ3n) is 2.42. The fourth-order valence-corrected chi connectivity index (χ4v) is 1.37. The molecule has 4 nitrogen and oxygen atoms in total. The van der Waals surface area contributed by atoms with Crippen LogP contribution >= 0.6 is 0 Å². The van der Waals surface area contributed by atoms with Crippen molar-refractivity contribution in [3.8, 4) is 0 Å². The molecule has 0 heterocycles. The van der Waals surface area contributed by atoms with Crippen molar-refractivity contribution in [3.63, 3.8) is 0 Å². The molecule has 0 aliphatic rings. The second-order valence-electron chi connectivity index (χ2n) is 3.49. The minimum Gasteiger partial charge on any atom is -0.388 e. The van der Waals surface area contributed by atoms with E-state index < -0.39 is 12.1 Å². The van der Waals surface area contributed by atoms with Crippen LogP contribution in [0.3, 0.4) is 0 Å². The highest BCUT2D eigenvalue weighted by Gasteiger charge is 2.14. The van der Waals surface area contributed by atoms with Gasteiger partial charge in [0.1, 0.15) is 0 Å². The van der Waals surface area contributed by atoms with E-state index in [1.54, 1.807) is 6.92 Å². The lowest BCUT2D eigenvalue weighted by Gasteiger charge is -2.14. The lowest BCUT2D eigenvalue weighted by Crippen LogP contribution is -2.11. The number of hydrogen-bond donors (Lipinski definition) is 1. The first-order valence-corrected chi connectivity index (χ1v) is 5.00. The lowest BCUT2D eigenvalue weighted by molar-refractivity contribution is 0.153. The predicted molar refractivity (Wildman–Crippen MR) is 59.4 cm³/mol. The van der Waals surface area contributed by atoms with Gasteiger partial charge in [0.2, 0.25) is 0 Å². The molecule has 1 aromatic rings. The Bertz CT molecular complexity index is 355. The molecule has 0 fully saturated rings. The van der Waals surface area contributed by atoms with E-state index in [9.17, 15) is 5.11 Å². The van der Waals surface area contributed by atoms with Crippen LogP contribution in [-0.2, 0) is 6.42 Å². The smallest absolute Gasteiger partial charge is 0.0872 e. The number of aryl methyl sites for hydroxylation is 1. The van der Waals surface area contributed by atoms with Crippen LogP contribution in [-0.4, -0.2) is 11.1 Å². The first-order chi connectivity index (χ1) is 7.19. The average Bonchev–Trinajstić information content (AvgIpc) is 2.28. The minimum absolute atomic E-state index is 0.442. The van der Waals surface area contributed by atoms with E-state index >= 15 is 0 Å². The molecule has 0 radical (unpaired) electrons. The van der Waals surface area contributed by atoms with E-state index in [-0.39, 0.29) is 0 Å². The van der Waals surface area contributed by atoms with E-state index in [2.05, 4.69) is 16.9 Å². The summed E-state index contributed by atoms with van der Waals surface area (Å²) in [7, 11) is 0. The van der Waals surface area contributed by atoms with Gasteiger partial charge in [-0.2, -0.15) is 0 Å². The number of nitrogens with zero attached hydrogens (tertiary/aromatic N) is 3. The highest BCUT2D eigenvalue weighted by molar-refractivity contribution is 5.24. The molecule has 0 saturated carbocycles. The number of benzene rings is 1. The van der Waals surface area contributed by atoms with Crippen molar-refractivity contribution >= 4 is 0 Å². The first kappa shape index (κ1) is 11.6. The Hall–Kier alpha value is -1.51. The van der Waals surface area contributed by atoms with E-state index in [0.717, 1.165) is 12.0 Å². The third-order valence-corrected chi connectivity index (χ3v) is 2.42. The maximum Gasteiger partial charge on any atom is 0.0872 e. The molecule has 1 rings (SSSR count). The summed E-state index contributed by atoms with van der Waals surface area (Å²) < 4.78 is 0. The van der Waals surface area contributed by atoms with Crippen LogP contribution in [0.2, 0.25) is 0 Å². The van der Waals surface area contributed by atoms with Crippen LogP contribution in [0.5, 0.6) is 0 Å². The zero-order valence-electron chi connectivity index (χ0n) is 8.96. The van der Waals surface area contributed by atoms with E-state index in [1.165, 1.54) is 5.56 Å². The molecule has 0 aliphatic carbocycles. The molecule has 0 bridgehead atoms. The Balaban J connectivity index is 2.81. The van der Waals surface area contributed by atoms with Crippen molar-refractivity contribution in [3.05, 3.63) is 45.8 Å². The molecule has 15 heavy (non-hydrogen) atoms. The fourth-order valence-electron chi connectivity index (χ4n) is 1.37. The quantitative estimate of drug-likeness (QED) is 0.458. The van der Waals surface area contributed by atoms with Gasteiger partial charge in [0.25, 0.3) is 0 Å². The van der Waals surface area contributed by atoms with Crippen LogP contribution in [0.4, 0.5) is 0 Å². The van der Waals surface area contributed by atoms with E-state index in [0.29, 0.717) is 0 Å². The van der Waals surface area contributed by atoms with Crippen LogP contribution in [0.15, 0.2) is 29.4 Å². The van der Waals surface area contributed by atoms with Gasteiger partial charge < -0.3 is 5.11 Å². The zero-order chi connectivity index (χ0) is 11.3. The largest absolute Gasteiger partial charge is 0.388 e. The van der Waals surface area contributed by atoms with Crippen LogP contribution in [0.1, 0.15) is 31.1 Å². The monoisotopic (exact) mass is 205 g/mol. The molecular formula is C11H15N3O. The van der Waals surface area contributed by atoms with Crippen molar-refractivity contribution in [2.45, 2.75) is 32.4 Å². The predicted octanol–water partition coefficient (Wildman–Crippen LogP) is 2.98. The van der Waals surface area contributed by atoms with Gasteiger partial charge in [0, 0.05) is 4.91 Å². The second kappa shape index (κ2) is 5.39. The van der Waals surface area contributed by atoms with Crippen molar-refractivity contribution in [2.75, 3.05) is 0 Å². The van der Waals surface area contributed by atoms with Gasteiger partial charge in [-0.25, -0.2) is 0 Å². The fraction of sp³-hybridized carbons (Fsp3) is 0.455. The number of hydrogen-bond acceptors (Lipinski definition) is 2. The van der Waals surface area contributed by atoms with Crippen LogP contribution in [0.25, 0.3) is 10.4 Å². The number of azide groups is 1. The van der Waals surface area contributed by atoms with Crippen molar-refractivity contribution in [2.24, 2.45) is 5.11 Å². The normalized spacial score (nSPS) is 14.1. The summed E-state index contributed by atoms with van der Waals surface area (Å²) in [5, 5.41) is 13.3. The maximum absolute atomic E-state index is 9.82. The average molecular weight is 205 g/mol. The standard InChI is InChI=1S/C11H15N3O/c1-3-9-4-6-10(7-5-9)11(15)8(2)13-14-12/h4-8,11,15H,3H2,1-2H3. The molecule has 1 N–H and O–H groups in total. The third kappa shape index (κ3) is 2.98. The summed E-state index contributed by atoms with van der Waals surface area (Å²) >= 11 is 0. The Morgan fingerprint density at radius 3 is 2.47 bits per heavy atom. The van der Waals surface area contributed by atoms with E-state index in [1.807, 2.05) is 24.3 Å². The van der Waals surface area contributed by atoms with E-state index in [4.69, 9.17) is 5.53 Å². The molecular weight excluding hydrogens is 190 g/mol. The molecule has 80 valence electrons. The number of aliphatic hydroxyl groups is 1. The molecule has 0 aromatic heterocycles. The molecule has 2 unspecified atom stereocenters. The van der Waals surface area contributed by atoms with Gasteiger partial charge in [-0.05, 0) is 23.1 Å². The molecule has 0 amide bonds. The highest BCUT2D eigenvalue weighted by Crippen LogP contribution is 2.19. The Labute approximate surface area is 89.2 Å². The SMILES string of the molecule is CCc1ccc(C(O)C(C)N=[N+]=[N-])cc1. The Kier molecular flexibility index (Phi) is 4.16. The molecule has 0 spiro atoms. The van der Waals surface area contributed by atoms with Crippen LogP contribution < -0.4 is 0 Å². The number of rotatable bonds is 4. The summed E-state index contributed by atoms with van der Waals surface area (Å²) in [5.41, 5.74) is 10.3. The van der Waals surface area contributed by atoms with Gasteiger partial charge in [0.15, 0.2) is 0 Å². The van der Waals surface area contributed by atoms with Crippen molar-refractivity contribution in [1.82, 2.24) is 0 Å². The van der Waals surface area contributed by atoms with Crippen molar-refractivity contribution < 1.29 is 5.11 Å². The highest BCUT2D eigenvalue weighted by atomic mass is 16.3. The molecule has 1 aromatic carbocycles. The summed E-state index contributed by atoms with van der Waals surface area (Å²) in [5.74, 6) is 0. The summed E-state index contributed by atoms with van der Waals surface area (Å²) in [6.45, 7) is 3.77. The maximum atomic E-state index is 9.82. The summed E-state index contributed by atoms with van der Waals surface area (Å²) in [4.78, 5) is 2.68. The molecule has 0 aliphatic heterocycles. The second-order valence-corrected chi connectivity index (χ2v) is 3.49. The number of aliphatic hydroxyl groups excluding tert-OH is 1. The van der Waals surface area contributed by atoms with Crippen molar-refractivity contribution in [1.29, 1.82) is 0 Å². The molecule has 0 saturated heterocycles. The zero-order valence-corrected chi connectivity index (χ0v) is 8.96. The van der Waals surface area contributed by atoms with Gasteiger partial charge >= 0.3 is 0 Å². The lowest BCUT2D eigenvalue weighted by atomic mass is 10.0. The Morgan fingerprint density at radius 1 is 1.40 bits per heavy atom. The van der Waals surface area contributed by atoms with Gasteiger partial charge in [0.05, 0.1) is 12.1 Å². The van der Waals surface area contributed by atoms with Gasteiger partial charge in [-0.3, -0.25) is 0 Å². The Morgan fingerprint density at radius 2 is 2.00 bits per heavy atom. The summed E-state index contributed by atoms with van der Waals surface area (Å²) in [6.07, 6.45) is 0.245. The summed E-state index contributed by atoms with van der Waals surface area (Å²) in [6, 6.07) is 7.24. The first-order valence-electron chi connectivity index (χ1n) is 5.00. The van der Waals surface area contributed by atoms with Crippen LogP contribution in [0, 0.1) is 0 Å². The van der Waals surface area contributed by atoms with Gasteiger partial charge in [-0.15, -0.1) is 0 Å². The van der Waals surface area contributed by atoms with Gasteiger partial charge in [-0.1, -0.05) is 43.2 Å². The minimum atomic E-state index is -0.730. The topological polar surface area (TPSA) is 69.0 Å².